The van der Waals surface area contributed by atoms with Gasteiger partial charge in [0.15, 0.2) is 0 Å². The second-order valence-electron chi connectivity index (χ2n) is 2.17. The third kappa shape index (κ3) is 2.91. The Labute approximate surface area is 97.4 Å². The van der Waals surface area contributed by atoms with E-state index in [2.05, 4.69) is 0 Å². The summed E-state index contributed by atoms with van der Waals surface area (Å²) in [5.41, 5.74) is -0.240. The minimum absolute atomic E-state index is 0. The molecule has 1 rings (SSSR count). The molecule has 0 heterocycles. The number of rotatable bonds is 2. The molecule has 0 fully saturated rings. The standard InChI is InChI=1S/C8H8O4.Na/c1-12-5-2-3-6(8(10)11)7(9)4-5;/h2-4,9H,1H3,(H,10,11);/q;+1/p-1. The summed E-state index contributed by atoms with van der Waals surface area (Å²) in [6.07, 6.45) is 0. The first-order valence-electron chi connectivity index (χ1n) is 3.23. The number of aromatic hydroxyl groups is 1. The Morgan fingerprint density at radius 2 is 2.15 bits per heavy atom. The van der Waals surface area contributed by atoms with E-state index in [-0.39, 0.29) is 40.9 Å². The van der Waals surface area contributed by atoms with Gasteiger partial charge in [-0.3, -0.25) is 0 Å². The zero-order chi connectivity index (χ0) is 9.14. The van der Waals surface area contributed by atoms with E-state index >= 15 is 0 Å². The van der Waals surface area contributed by atoms with Crippen molar-refractivity contribution < 1.29 is 49.3 Å². The van der Waals surface area contributed by atoms with Crippen molar-refractivity contribution in [2.75, 3.05) is 7.11 Å². The number of hydrogen-bond donors (Lipinski definition) is 1. The summed E-state index contributed by atoms with van der Waals surface area (Å²) in [6, 6.07) is 3.87. The van der Waals surface area contributed by atoms with Gasteiger partial charge in [0.1, 0.15) is 11.5 Å². The summed E-state index contributed by atoms with van der Waals surface area (Å²) in [4.78, 5) is 10.3. The molecule has 0 atom stereocenters. The molecule has 0 saturated carbocycles. The number of hydrogen-bond acceptors (Lipinski definition) is 4. The van der Waals surface area contributed by atoms with E-state index in [1.54, 1.807) is 0 Å². The van der Waals surface area contributed by atoms with Gasteiger partial charge in [-0.1, -0.05) is 0 Å². The molecule has 0 unspecified atom stereocenters. The number of carboxylic acids is 1. The Bertz CT molecular complexity index is 311. The van der Waals surface area contributed by atoms with Crippen molar-refractivity contribution in [3.05, 3.63) is 23.8 Å². The van der Waals surface area contributed by atoms with Crippen LogP contribution in [0.3, 0.4) is 0 Å². The van der Waals surface area contributed by atoms with Crippen LogP contribution >= 0.6 is 0 Å². The van der Waals surface area contributed by atoms with Crippen molar-refractivity contribution in [1.29, 1.82) is 0 Å². The second-order valence-corrected chi connectivity index (χ2v) is 2.17. The van der Waals surface area contributed by atoms with Gasteiger partial charge in [0.2, 0.25) is 0 Å². The molecule has 4 nitrogen and oxygen atoms in total. The summed E-state index contributed by atoms with van der Waals surface area (Å²) in [7, 11) is 1.42. The van der Waals surface area contributed by atoms with Crippen LogP contribution in [0.15, 0.2) is 18.2 Å². The number of ether oxygens (including phenoxy) is 1. The maximum atomic E-state index is 10.3. The van der Waals surface area contributed by atoms with Gasteiger partial charge in [0.05, 0.1) is 13.1 Å². The number of aromatic carboxylic acids is 1. The van der Waals surface area contributed by atoms with Crippen LogP contribution in [0.4, 0.5) is 0 Å². The summed E-state index contributed by atoms with van der Waals surface area (Å²) in [5, 5.41) is 19.4. The molecule has 0 bridgehead atoms. The number of benzene rings is 1. The van der Waals surface area contributed by atoms with E-state index in [1.165, 1.54) is 25.3 Å². The van der Waals surface area contributed by atoms with Crippen LogP contribution in [0.25, 0.3) is 0 Å². The summed E-state index contributed by atoms with van der Waals surface area (Å²) >= 11 is 0. The van der Waals surface area contributed by atoms with Crippen molar-refractivity contribution in [3.63, 3.8) is 0 Å². The molecular formula is C8H7NaO4. The average Bonchev–Trinajstić information content (AvgIpc) is 2.03. The van der Waals surface area contributed by atoms with E-state index in [0.717, 1.165) is 0 Å². The van der Waals surface area contributed by atoms with Gasteiger partial charge in [0.25, 0.3) is 0 Å². The Morgan fingerprint density at radius 1 is 1.54 bits per heavy atom. The van der Waals surface area contributed by atoms with Gasteiger partial charge in [-0.15, -0.1) is 0 Å². The van der Waals surface area contributed by atoms with Gasteiger partial charge >= 0.3 is 29.6 Å². The number of methoxy groups -OCH3 is 1. The topological polar surface area (TPSA) is 69.6 Å². The Kier molecular flexibility index (Phi) is 4.83. The molecule has 1 N–H and O–H groups in total. The largest absolute Gasteiger partial charge is 1.00 e. The summed E-state index contributed by atoms with van der Waals surface area (Å²) in [5.74, 6) is -1.36. The smallest absolute Gasteiger partial charge is 0.545 e. The van der Waals surface area contributed by atoms with Crippen molar-refractivity contribution in [1.82, 2.24) is 0 Å². The van der Waals surface area contributed by atoms with Crippen molar-refractivity contribution in [2.24, 2.45) is 0 Å². The molecule has 0 aliphatic carbocycles. The minimum atomic E-state index is -1.41. The van der Waals surface area contributed by atoms with Crippen LogP contribution in [0, 0.1) is 0 Å². The van der Waals surface area contributed by atoms with E-state index in [4.69, 9.17) is 9.84 Å². The molecular weight excluding hydrogens is 183 g/mol. The van der Waals surface area contributed by atoms with Crippen LogP contribution < -0.4 is 39.4 Å². The van der Waals surface area contributed by atoms with Gasteiger partial charge in [-0.05, 0) is 12.1 Å². The third-order valence-electron chi connectivity index (χ3n) is 1.42. The number of carbonyl (C=O) groups excluding carboxylic acids is 1. The predicted molar refractivity (Wildman–Crippen MR) is 39.0 cm³/mol. The molecule has 13 heavy (non-hydrogen) atoms. The normalized spacial score (nSPS) is 8.69. The molecule has 0 spiro atoms. The van der Waals surface area contributed by atoms with Crippen LogP contribution in [-0.2, 0) is 0 Å². The fourth-order valence-corrected chi connectivity index (χ4v) is 0.811. The predicted octanol–water partition coefficient (Wildman–Crippen LogP) is -3.23. The Balaban J connectivity index is 0.00000144. The molecule has 0 amide bonds. The van der Waals surface area contributed by atoms with Crippen LogP contribution in [0.1, 0.15) is 10.4 Å². The molecule has 5 heteroatoms. The van der Waals surface area contributed by atoms with Crippen LogP contribution in [0.2, 0.25) is 0 Å². The molecule has 0 aromatic heterocycles. The van der Waals surface area contributed by atoms with Gasteiger partial charge in [-0.2, -0.15) is 0 Å². The first-order chi connectivity index (χ1) is 5.65. The fraction of sp³-hybridized carbons (Fsp3) is 0.125. The quantitative estimate of drug-likeness (QED) is 0.498. The van der Waals surface area contributed by atoms with E-state index < -0.39 is 5.97 Å². The SMILES string of the molecule is COc1ccc(C(=O)[O-])c(O)c1.[Na+]. The maximum absolute atomic E-state index is 10.3. The number of phenols is 1. The zero-order valence-electron chi connectivity index (χ0n) is 7.40. The molecule has 0 aliphatic rings. The van der Waals surface area contributed by atoms with Gasteiger partial charge in [-0.25, -0.2) is 0 Å². The monoisotopic (exact) mass is 190 g/mol. The fourth-order valence-electron chi connectivity index (χ4n) is 0.811. The van der Waals surface area contributed by atoms with E-state index in [0.29, 0.717) is 5.75 Å². The van der Waals surface area contributed by atoms with E-state index in [1.807, 2.05) is 0 Å². The number of carboxylic acid groups (broad SMARTS) is 1. The summed E-state index contributed by atoms with van der Waals surface area (Å²) < 4.78 is 4.76. The first-order valence-corrected chi connectivity index (χ1v) is 3.23. The van der Waals surface area contributed by atoms with Gasteiger partial charge in [0, 0.05) is 11.6 Å². The number of carbonyl (C=O) groups is 1. The Morgan fingerprint density at radius 3 is 2.54 bits per heavy atom. The third-order valence-corrected chi connectivity index (χ3v) is 1.42. The molecule has 0 saturated heterocycles. The molecule has 1 aromatic carbocycles. The van der Waals surface area contributed by atoms with E-state index in [9.17, 15) is 9.90 Å². The van der Waals surface area contributed by atoms with Crippen LogP contribution in [-0.4, -0.2) is 18.2 Å². The summed E-state index contributed by atoms with van der Waals surface area (Å²) in [6.45, 7) is 0. The molecule has 1 aromatic rings. The van der Waals surface area contributed by atoms with Gasteiger partial charge < -0.3 is 19.7 Å². The van der Waals surface area contributed by atoms with Crippen molar-refractivity contribution in [2.45, 2.75) is 0 Å². The Hall–Kier alpha value is -0.710. The molecule has 0 aliphatic heterocycles. The second kappa shape index (κ2) is 5.11. The minimum Gasteiger partial charge on any atom is -0.545 e. The molecule has 0 radical (unpaired) electrons. The average molecular weight is 190 g/mol. The van der Waals surface area contributed by atoms with Crippen molar-refractivity contribution in [3.8, 4) is 11.5 Å². The molecule has 64 valence electrons. The van der Waals surface area contributed by atoms with Crippen LogP contribution in [0.5, 0.6) is 11.5 Å². The zero-order valence-corrected chi connectivity index (χ0v) is 9.40. The van der Waals surface area contributed by atoms with Crippen molar-refractivity contribution >= 4 is 5.97 Å². The first kappa shape index (κ1) is 12.3. The maximum Gasteiger partial charge on any atom is 1.00 e.